The zero-order chi connectivity index (χ0) is 30.4. The van der Waals surface area contributed by atoms with Crippen molar-refractivity contribution in [1.29, 1.82) is 0 Å². The molecule has 4 aromatic heterocycles. The summed E-state index contributed by atoms with van der Waals surface area (Å²) < 4.78 is 69.0. The standard InChI is InChI=1S/C20H21FN10O10P2/c21-10-13(9(3-37-42(34)35)40-19(10)31-6-27-12-16(31)28-20(23)29-17(12)33)41-43(36)38-2-7-1-8(32)18(39-7)30-5-26-11-14(22)24-4-25-15(11)30/h4-10,13,18-19,32H,1-3H2,(H4-2,22,23,24,25,28,29,33,34,35)/p+2/t7-,8+,9+,10+,13+,18+,19+/m0/s1. The smallest absolute Gasteiger partial charge is 0.388 e. The van der Waals surface area contributed by atoms with Gasteiger partial charge in [0.2, 0.25) is 5.95 Å². The second-order valence-electron chi connectivity index (χ2n) is 9.44. The summed E-state index contributed by atoms with van der Waals surface area (Å²) in [7, 11) is -6.09. The zero-order valence-corrected chi connectivity index (χ0v) is 23.4. The van der Waals surface area contributed by atoms with Crippen LogP contribution in [0.1, 0.15) is 18.9 Å². The molecule has 0 radical (unpaired) electrons. The Morgan fingerprint density at radius 1 is 1.05 bits per heavy atom. The number of nitrogen functional groups attached to an aromatic ring is 2. The number of ether oxygens (including phenoxy) is 2. The molecule has 20 nitrogen and oxygen atoms in total. The molecule has 0 bridgehead atoms. The first-order chi connectivity index (χ1) is 20.6. The first kappa shape index (κ1) is 29.4. The summed E-state index contributed by atoms with van der Waals surface area (Å²) in [5, 5.41) is 10.6. The van der Waals surface area contributed by atoms with Crippen LogP contribution >= 0.6 is 16.5 Å². The monoisotopic (exact) mass is 644 g/mol. The lowest BCUT2D eigenvalue weighted by Gasteiger charge is -2.16. The topological polar surface area (TPSA) is 280 Å². The molecule has 0 aromatic carbocycles. The largest absolute Gasteiger partial charge is 0.697 e. The molecule has 228 valence electrons. The maximum absolute atomic E-state index is 15.7. The van der Waals surface area contributed by atoms with Crippen LogP contribution in [0.25, 0.3) is 22.3 Å². The molecular formula is C20H23FN10O10P2+2. The number of aromatic amines is 1. The van der Waals surface area contributed by atoms with Gasteiger partial charge in [-0.05, 0) is 0 Å². The van der Waals surface area contributed by atoms with Crippen molar-refractivity contribution in [2.24, 2.45) is 0 Å². The number of imidazole rings is 2. The number of nitrogens with two attached hydrogens (primary N) is 2. The van der Waals surface area contributed by atoms with E-state index in [0.717, 1.165) is 10.9 Å². The summed E-state index contributed by atoms with van der Waals surface area (Å²) in [5.74, 6) is -0.103. The van der Waals surface area contributed by atoms with Crippen LogP contribution in [0.15, 0.2) is 23.8 Å². The van der Waals surface area contributed by atoms with Gasteiger partial charge in [0.15, 0.2) is 47.4 Å². The fraction of sp³-hybridized carbons (Fsp3) is 0.500. The summed E-state index contributed by atoms with van der Waals surface area (Å²) in [6.07, 6.45) is -5.42. The highest BCUT2D eigenvalue weighted by atomic mass is 31.1. The van der Waals surface area contributed by atoms with E-state index in [1.54, 1.807) is 0 Å². The maximum atomic E-state index is 15.7. The van der Waals surface area contributed by atoms with Crippen molar-refractivity contribution in [3.05, 3.63) is 29.3 Å². The van der Waals surface area contributed by atoms with Gasteiger partial charge in [0.25, 0.3) is 5.56 Å². The quantitative estimate of drug-likeness (QED) is 0.139. The van der Waals surface area contributed by atoms with Gasteiger partial charge in [-0.1, -0.05) is 0 Å². The number of hydrogen-bond donors (Lipinski definition) is 5. The van der Waals surface area contributed by atoms with Gasteiger partial charge < -0.3 is 26.0 Å². The predicted molar refractivity (Wildman–Crippen MR) is 140 cm³/mol. The van der Waals surface area contributed by atoms with E-state index in [0.29, 0.717) is 11.2 Å². The second kappa shape index (κ2) is 11.8. The normalized spacial score (nSPS) is 28.2. The van der Waals surface area contributed by atoms with Crippen LogP contribution in [0.4, 0.5) is 16.2 Å². The fourth-order valence-corrected chi connectivity index (χ4v) is 5.94. The van der Waals surface area contributed by atoms with Crippen molar-refractivity contribution in [1.82, 2.24) is 39.0 Å². The number of anilines is 2. The van der Waals surface area contributed by atoms with E-state index in [-0.39, 0.29) is 36.0 Å². The number of hydrogen-bond acceptors (Lipinski definition) is 16. The van der Waals surface area contributed by atoms with Crippen molar-refractivity contribution < 1.29 is 46.6 Å². The van der Waals surface area contributed by atoms with Crippen LogP contribution in [0.3, 0.4) is 0 Å². The Bertz CT molecular complexity index is 1750. The number of aromatic nitrogens is 8. The highest BCUT2D eigenvalue weighted by Gasteiger charge is 2.53. The van der Waals surface area contributed by atoms with Gasteiger partial charge in [-0.3, -0.25) is 18.9 Å². The van der Waals surface area contributed by atoms with Crippen molar-refractivity contribution >= 4 is 50.6 Å². The fourth-order valence-electron chi connectivity index (χ4n) is 4.86. The lowest BCUT2D eigenvalue weighted by atomic mass is 10.1. The average molecular weight is 644 g/mol. The van der Waals surface area contributed by atoms with Crippen LogP contribution in [0.5, 0.6) is 0 Å². The minimum absolute atomic E-state index is 0.0808. The molecule has 7 N–H and O–H groups in total. The molecule has 0 aliphatic carbocycles. The van der Waals surface area contributed by atoms with Gasteiger partial charge in [-0.15, -0.1) is 18.5 Å². The van der Waals surface area contributed by atoms with Crippen molar-refractivity contribution in [2.75, 3.05) is 24.7 Å². The Morgan fingerprint density at radius 3 is 2.56 bits per heavy atom. The van der Waals surface area contributed by atoms with E-state index in [2.05, 4.69) is 34.4 Å². The number of rotatable bonds is 10. The van der Waals surface area contributed by atoms with E-state index < -0.39 is 71.7 Å². The highest BCUT2D eigenvalue weighted by molar-refractivity contribution is 7.33. The molecule has 4 aromatic rings. The first-order valence-corrected chi connectivity index (χ1v) is 14.7. The lowest BCUT2D eigenvalue weighted by Crippen LogP contribution is -2.32. The summed E-state index contributed by atoms with van der Waals surface area (Å²) >= 11 is 0. The zero-order valence-electron chi connectivity index (χ0n) is 21.6. The molecule has 6 heterocycles. The van der Waals surface area contributed by atoms with E-state index in [1.165, 1.54) is 17.2 Å². The van der Waals surface area contributed by atoms with Gasteiger partial charge in [0.1, 0.15) is 37.3 Å². The number of aliphatic hydroxyl groups is 1. The average Bonchev–Trinajstić information content (AvgIpc) is 3.72. The van der Waals surface area contributed by atoms with Crippen LogP contribution in [0, 0.1) is 0 Å². The van der Waals surface area contributed by atoms with Crippen LogP contribution in [0.2, 0.25) is 0 Å². The van der Waals surface area contributed by atoms with Crippen molar-refractivity contribution in [3.63, 3.8) is 0 Å². The van der Waals surface area contributed by atoms with Crippen LogP contribution in [-0.4, -0.2) is 92.8 Å². The molecule has 2 aliphatic rings. The van der Waals surface area contributed by atoms with Gasteiger partial charge in [0, 0.05) is 15.6 Å². The molecule has 0 spiro atoms. The SMILES string of the molecule is Nc1nc2c(ncn2[C@@H]2O[C@H](CO[P+](=O)O)[C@@H](O[P+](=O)OC[C@@H]3C[C@@H](O)[C@H](n4cnc5c(N)ncnc54)O3)[C@H]2F)c(=O)[nH]1. The number of nitrogens with one attached hydrogen (secondary N) is 1. The third-order valence-electron chi connectivity index (χ3n) is 6.74. The minimum Gasteiger partial charge on any atom is -0.388 e. The number of halogens is 1. The van der Waals surface area contributed by atoms with E-state index >= 15 is 4.39 Å². The van der Waals surface area contributed by atoms with Crippen molar-refractivity contribution in [2.45, 2.75) is 49.5 Å². The Hall–Kier alpha value is -3.65. The molecule has 2 fully saturated rings. The molecule has 0 saturated carbocycles. The molecule has 0 amide bonds. The molecule has 23 heteroatoms. The highest BCUT2D eigenvalue weighted by Crippen LogP contribution is 2.42. The number of H-pyrrole nitrogens is 1. The van der Waals surface area contributed by atoms with E-state index in [1.807, 2.05) is 0 Å². The predicted octanol–water partition coefficient (Wildman–Crippen LogP) is -0.267. The summed E-state index contributed by atoms with van der Waals surface area (Å²) in [5.41, 5.74) is 11.2. The summed E-state index contributed by atoms with van der Waals surface area (Å²) in [4.78, 5) is 43.5. The third kappa shape index (κ3) is 5.69. The second-order valence-corrected chi connectivity index (χ2v) is 11.1. The van der Waals surface area contributed by atoms with Crippen molar-refractivity contribution in [3.8, 4) is 0 Å². The Balaban J connectivity index is 1.12. The van der Waals surface area contributed by atoms with Gasteiger partial charge in [0.05, 0.1) is 18.8 Å². The minimum atomic E-state index is -3.08. The number of aliphatic hydroxyl groups excluding tert-OH is 1. The lowest BCUT2D eigenvalue weighted by molar-refractivity contribution is -0.0493. The molecule has 2 unspecified atom stereocenters. The summed E-state index contributed by atoms with van der Waals surface area (Å²) in [6.45, 7) is -0.936. The van der Waals surface area contributed by atoms with Crippen LogP contribution in [-0.2, 0) is 32.2 Å². The Morgan fingerprint density at radius 2 is 1.79 bits per heavy atom. The summed E-state index contributed by atoms with van der Waals surface area (Å²) in [6, 6.07) is 0. The molecular weight excluding hydrogens is 621 g/mol. The van der Waals surface area contributed by atoms with Gasteiger partial charge in [-0.2, -0.15) is 4.98 Å². The van der Waals surface area contributed by atoms with Crippen LogP contribution < -0.4 is 17.0 Å². The first-order valence-electron chi connectivity index (χ1n) is 12.4. The number of fused-ring (bicyclic) bond motifs is 2. The van der Waals surface area contributed by atoms with Gasteiger partial charge >= 0.3 is 16.5 Å². The maximum Gasteiger partial charge on any atom is 0.697 e. The number of nitrogens with zero attached hydrogens (tertiary/aromatic N) is 7. The Labute approximate surface area is 240 Å². The number of alkyl halides is 1. The molecule has 9 atom stereocenters. The molecule has 2 saturated heterocycles. The molecule has 2 aliphatic heterocycles. The van der Waals surface area contributed by atoms with Gasteiger partial charge in [-0.25, -0.2) is 24.3 Å². The third-order valence-corrected chi connectivity index (χ3v) is 7.89. The van der Waals surface area contributed by atoms with E-state index in [9.17, 15) is 19.0 Å². The Kier molecular flexibility index (Phi) is 8.07. The molecule has 6 rings (SSSR count). The van der Waals surface area contributed by atoms with E-state index in [4.69, 9.17) is 34.9 Å². The molecule has 43 heavy (non-hydrogen) atoms.